The van der Waals surface area contributed by atoms with Crippen molar-refractivity contribution in [3.05, 3.63) is 23.3 Å². The fraction of sp³-hybridized carbons (Fsp3) is 0.852. The third-order valence-electron chi connectivity index (χ3n) is 8.49. The van der Waals surface area contributed by atoms with Crippen LogP contribution in [0.3, 0.4) is 0 Å². The molecule has 6 atom stereocenters. The summed E-state index contributed by atoms with van der Waals surface area (Å²) in [5, 5.41) is 20.2. The Kier molecular flexibility index (Phi) is 7.37. The number of hydrogen-bond donors (Lipinski definition) is 2. The van der Waals surface area contributed by atoms with Gasteiger partial charge in [0, 0.05) is 0 Å². The molecule has 3 rings (SSSR count). The van der Waals surface area contributed by atoms with Crippen LogP contribution >= 0.6 is 0 Å². The molecule has 0 radical (unpaired) electrons. The Hall–Kier alpha value is -0.600. The number of fused-ring (bicyclic) bond motifs is 1. The van der Waals surface area contributed by atoms with Gasteiger partial charge in [-0.1, -0.05) is 56.9 Å². The second-order valence-corrected chi connectivity index (χ2v) is 11.7. The minimum absolute atomic E-state index is 0.138. The highest BCUT2D eigenvalue weighted by Gasteiger charge is 2.50. The van der Waals surface area contributed by atoms with Gasteiger partial charge in [-0.15, -0.1) is 0 Å². The first-order valence-electron chi connectivity index (χ1n) is 12.4. The number of aliphatic hydroxyl groups excluding tert-OH is 1. The van der Waals surface area contributed by atoms with Crippen molar-refractivity contribution >= 4 is 0 Å². The van der Waals surface area contributed by atoms with Crippen molar-refractivity contribution in [2.75, 3.05) is 0 Å². The lowest BCUT2D eigenvalue weighted by molar-refractivity contribution is 0.0596. The zero-order chi connectivity index (χ0) is 21.2. The maximum atomic E-state index is 10.1. The molecule has 3 aliphatic carbocycles. The number of aliphatic hydroxyl groups is 2. The van der Waals surface area contributed by atoms with Crippen LogP contribution in [0, 0.1) is 29.1 Å². The molecule has 0 aromatic rings. The average molecular weight is 403 g/mol. The molecule has 3 aliphatic rings. The summed E-state index contributed by atoms with van der Waals surface area (Å²) in [6.45, 7) is 11.2. The van der Waals surface area contributed by atoms with E-state index >= 15 is 0 Å². The first-order valence-corrected chi connectivity index (χ1v) is 12.4. The molecule has 166 valence electrons. The Morgan fingerprint density at radius 3 is 2.66 bits per heavy atom. The van der Waals surface area contributed by atoms with Crippen molar-refractivity contribution in [3.63, 3.8) is 0 Å². The molecule has 2 heteroatoms. The molecule has 0 aromatic heterocycles. The van der Waals surface area contributed by atoms with Gasteiger partial charge in [0.05, 0.1) is 11.7 Å². The van der Waals surface area contributed by atoms with Gasteiger partial charge in [-0.2, -0.15) is 0 Å². The van der Waals surface area contributed by atoms with Crippen LogP contribution in [-0.4, -0.2) is 21.9 Å². The molecule has 3 saturated carbocycles. The van der Waals surface area contributed by atoms with E-state index in [1.165, 1.54) is 44.1 Å². The van der Waals surface area contributed by atoms with E-state index in [4.69, 9.17) is 0 Å². The molecule has 3 fully saturated rings. The van der Waals surface area contributed by atoms with E-state index in [-0.39, 0.29) is 6.10 Å². The van der Waals surface area contributed by atoms with E-state index in [0.717, 1.165) is 49.9 Å². The third kappa shape index (κ3) is 5.76. The average Bonchev–Trinajstić information content (AvgIpc) is 2.95. The molecule has 0 amide bonds. The number of rotatable bonds is 6. The van der Waals surface area contributed by atoms with Crippen molar-refractivity contribution in [1.82, 2.24) is 0 Å². The van der Waals surface area contributed by atoms with Gasteiger partial charge in [0.2, 0.25) is 0 Å². The molecule has 0 aromatic carbocycles. The van der Waals surface area contributed by atoms with Crippen LogP contribution in [0.4, 0.5) is 0 Å². The van der Waals surface area contributed by atoms with Crippen LogP contribution in [0.2, 0.25) is 0 Å². The van der Waals surface area contributed by atoms with Crippen molar-refractivity contribution in [1.29, 1.82) is 0 Å². The lowest BCUT2D eigenvalue weighted by atomic mass is 9.60. The highest BCUT2D eigenvalue weighted by Crippen LogP contribution is 2.60. The summed E-state index contributed by atoms with van der Waals surface area (Å²) in [6, 6.07) is 0. The lowest BCUT2D eigenvalue weighted by Crippen LogP contribution is -2.36. The van der Waals surface area contributed by atoms with E-state index < -0.39 is 5.60 Å². The summed E-state index contributed by atoms with van der Waals surface area (Å²) in [6.07, 6.45) is 17.7. The van der Waals surface area contributed by atoms with Gasteiger partial charge in [-0.05, 0) is 101 Å². The smallest absolute Gasteiger partial charge is 0.0591 e. The topological polar surface area (TPSA) is 40.5 Å². The summed E-state index contributed by atoms with van der Waals surface area (Å²) in [5.41, 5.74) is 3.06. The second kappa shape index (κ2) is 9.27. The summed E-state index contributed by atoms with van der Waals surface area (Å²) in [7, 11) is 0. The minimum Gasteiger partial charge on any atom is -0.393 e. The highest BCUT2D eigenvalue weighted by atomic mass is 16.3. The molecular weight excluding hydrogens is 356 g/mol. The second-order valence-electron chi connectivity index (χ2n) is 11.7. The molecule has 2 nitrogen and oxygen atoms in total. The fourth-order valence-electron chi connectivity index (χ4n) is 7.10. The molecule has 0 saturated heterocycles. The summed E-state index contributed by atoms with van der Waals surface area (Å²) in [4.78, 5) is 0. The summed E-state index contributed by atoms with van der Waals surface area (Å²) in [5.74, 6) is 2.93. The standard InChI is InChI=1S/C27H46O2/c1-19-16-21(18-23(28)17-19)10-11-22-9-7-15-27(5)24(12-13-25(22)27)20(2)8-6-14-26(3,4)29/h10-11,19-20,23-25,28-29H,6-9,12-18H2,1-5H3/b21-10+,22-11+. The van der Waals surface area contributed by atoms with Crippen LogP contribution in [0.25, 0.3) is 0 Å². The predicted octanol–water partition coefficient (Wildman–Crippen LogP) is 6.81. The molecular formula is C27H46O2. The number of hydrogen-bond acceptors (Lipinski definition) is 2. The summed E-state index contributed by atoms with van der Waals surface area (Å²) >= 11 is 0. The van der Waals surface area contributed by atoms with E-state index in [9.17, 15) is 10.2 Å². The molecule has 0 heterocycles. The van der Waals surface area contributed by atoms with Crippen molar-refractivity contribution in [2.24, 2.45) is 29.1 Å². The Labute approximate surface area is 179 Å². The summed E-state index contributed by atoms with van der Waals surface area (Å²) < 4.78 is 0. The molecule has 6 unspecified atom stereocenters. The van der Waals surface area contributed by atoms with Gasteiger partial charge >= 0.3 is 0 Å². The van der Waals surface area contributed by atoms with E-state index in [0.29, 0.717) is 11.3 Å². The molecule has 0 aliphatic heterocycles. The Morgan fingerprint density at radius 1 is 1.21 bits per heavy atom. The first kappa shape index (κ1) is 23.1. The van der Waals surface area contributed by atoms with Gasteiger partial charge in [0.1, 0.15) is 0 Å². The molecule has 29 heavy (non-hydrogen) atoms. The largest absolute Gasteiger partial charge is 0.393 e. The minimum atomic E-state index is -0.528. The normalized spacial score (nSPS) is 39.7. The van der Waals surface area contributed by atoms with Gasteiger partial charge in [-0.3, -0.25) is 0 Å². The van der Waals surface area contributed by atoms with E-state index in [2.05, 4.69) is 32.9 Å². The number of allylic oxidation sites excluding steroid dienone is 3. The Bertz CT molecular complexity index is 599. The highest BCUT2D eigenvalue weighted by molar-refractivity contribution is 5.26. The Morgan fingerprint density at radius 2 is 1.97 bits per heavy atom. The predicted molar refractivity (Wildman–Crippen MR) is 123 cm³/mol. The monoisotopic (exact) mass is 402 g/mol. The van der Waals surface area contributed by atoms with Crippen LogP contribution in [-0.2, 0) is 0 Å². The van der Waals surface area contributed by atoms with Gasteiger partial charge in [0.25, 0.3) is 0 Å². The van der Waals surface area contributed by atoms with Gasteiger partial charge in [0.15, 0.2) is 0 Å². The van der Waals surface area contributed by atoms with E-state index in [1.54, 1.807) is 5.57 Å². The van der Waals surface area contributed by atoms with Crippen LogP contribution in [0.5, 0.6) is 0 Å². The van der Waals surface area contributed by atoms with Gasteiger partial charge < -0.3 is 10.2 Å². The fourth-order valence-corrected chi connectivity index (χ4v) is 7.10. The van der Waals surface area contributed by atoms with Crippen LogP contribution in [0.1, 0.15) is 105 Å². The van der Waals surface area contributed by atoms with Crippen molar-refractivity contribution in [2.45, 2.75) is 117 Å². The zero-order valence-corrected chi connectivity index (χ0v) is 19.7. The maximum absolute atomic E-state index is 10.1. The van der Waals surface area contributed by atoms with Crippen LogP contribution < -0.4 is 0 Å². The Balaban J connectivity index is 1.66. The van der Waals surface area contributed by atoms with E-state index in [1.807, 2.05) is 13.8 Å². The quantitative estimate of drug-likeness (QED) is 0.512. The molecule has 2 N–H and O–H groups in total. The van der Waals surface area contributed by atoms with Gasteiger partial charge in [-0.25, -0.2) is 0 Å². The van der Waals surface area contributed by atoms with Crippen LogP contribution in [0.15, 0.2) is 23.3 Å². The zero-order valence-electron chi connectivity index (χ0n) is 19.7. The third-order valence-corrected chi connectivity index (χ3v) is 8.49. The molecule has 0 spiro atoms. The molecule has 0 bridgehead atoms. The lowest BCUT2D eigenvalue weighted by Gasteiger charge is -2.44. The van der Waals surface area contributed by atoms with Crippen molar-refractivity contribution in [3.8, 4) is 0 Å². The maximum Gasteiger partial charge on any atom is 0.0591 e. The SMILES string of the molecule is CC1C/C(=C\C=C2/CCCC3(C)C2CCC3C(C)CCCC(C)(C)O)CC(O)C1. The first-order chi connectivity index (χ1) is 13.6. The van der Waals surface area contributed by atoms with Crippen molar-refractivity contribution < 1.29 is 10.2 Å².